The summed E-state index contributed by atoms with van der Waals surface area (Å²) in [7, 11) is 0. The van der Waals surface area contributed by atoms with Gasteiger partial charge in [0.05, 0.1) is 0 Å². The number of nitrogens with one attached hydrogen (secondary N) is 1. The van der Waals surface area contributed by atoms with Gasteiger partial charge < -0.3 is 10.2 Å². The number of rotatable bonds is 3. The molecule has 1 aliphatic rings. The normalized spacial score (nSPS) is 15.9. The predicted molar refractivity (Wildman–Crippen MR) is 73.7 cm³/mol. The molecule has 100 valence electrons. The first kappa shape index (κ1) is 13.3. The highest BCUT2D eigenvalue weighted by Crippen LogP contribution is 2.13. The topological polar surface area (TPSA) is 49.4 Å². The first-order chi connectivity index (χ1) is 9.20. The Labute approximate surface area is 113 Å². The van der Waals surface area contributed by atoms with Crippen molar-refractivity contribution >= 4 is 11.8 Å². The van der Waals surface area contributed by atoms with Crippen molar-refractivity contribution in [3.8, 4) is 0 Å². The van der Waals surface area contributed by atoms with E-state index in [1.807, 2.05) is 35.2 Å². The molecule has 0 radical (unpaired) electrons. The van der Waals surface area contributed by atoms with Crippen LogP contribution in [-0.2, 0) is 4.79 Å². The molecule has 19 heavy (non-hydrogen) atoms. The van der Waals surface area contributed by atoms with E-state index in [9.17, 15) is 9.59 Å². The van der Waals surface area contributed by atoms with Gasteiger partial charge in [-0.2, -0.15) is 0 Å². The van der Waals surface area contributed by atoms with Crippen LogP contribution in [0, 0.1) is 0 Å². The van der Waals surface area contributed by atoms with Crippen LogP contribution in [0.2, 0.25) is 0 Å². The second kappa shape index (κ2) is 6.18. The second-order valence-electron chi connectivity index (χ2n) is 4.65. The van der Waals surface area contributed by atoms with Gasteiger partial charge in [0.25, 0.3) is 5.91 Å². The molecule has 2 amide bonds. The summed E-state index contributed by atoms with van der Waals surface area (Å²) in [6.45, 7) is 4.79. The maximum atomic E-state index is 12.2. The Hall–Kier alpha value is -2.10. The summed E-state index contributed by atoms with van der Waals surface area (Å²) in [6.07, 6.45) is 2.86. The fourth-order valence-corrected chi connectivity index (χ4v) is 2.25. The Morgan fingerprint density at radius 2 is 1.84 bits per heavy atom. The van der Waals surface area contributed by atoms with Crippen LogP contribution in [0.25, 0.3) is 0 Å². The molecule has 0 bridgehead atoms. The summed E-state index contributed by atoms with van der Waals surface area (Å²) < 4.78 is 0. The SMILES string of the molecule is C=CC(=O)NC1CCN(C(=O)c2ccccc2)CC1. The highest BCUT2D eigenvalue weighted by molar-refractivity contribution is 5.94. The number of carbonyl (C=O) groups excluding carboxylic acids is 2. The van der Waals surface area contributed by atoms with Gasteiger partial charge in [-0.15, -0.1) is 0 Å². The van der Waals surface area contributed by atoms with Gasteiger partial charge in [-0.1, -0.05) is 24.8 Å². The smallest absolute Gasteiger partial charge is 0.253 e. The highest BCUT2D eigenvalue weighted by atomic mass is 16.2. The summed E-state index contributed by atoms with van der Waals surface area (Å²) in [6, 6.07) is 9.43. The van der Waals surface area contributed by atoms with Crippen molar-refractivity contribution in [2.24, 2.45) is 0 Å². The van der Waals surface area contributed by atoms with Crippen molar-refractivity contribution in [1.29, 1.82) is 0 Å². The molecule has 4 nitrogen and oxygen atoms in total. The monoisotopic (exact) mass is 258 g/mol. The molecule has 4 heteroatoms. The Morgan fingerprint density at radius 3 is 2.42 bits per heavy atom. The van der Waals surface area contributed by atoms with Gasteiger partial charge in [-0.05, 0) is 31.1 Å². The van der Waals surface area contributed by atoms with Crippen molar-refractivity contribution in [3.63, 3.8) is 0 Å². The van der Waals surface area contributed by atoms with Gasteiger partial charge >= 0.3 is 0 Å². The molecule has 1 N–H and O–H groups in total. The van der Waals surface area contributed by atoms with Crippen LogP contribution in [0.3, 0.4) is 0 Å². The van der Waals surface area contributed by atoms with Crippen molar-refractivity contribution in [3.05, 3.63) is 48.6 Å². The lowest BCUT2D eigenvalue weighted by molar-refractivity contribution is -0.117. The summed E-state index contributed by atoms with van der Waals surface area (Å²) >= 11 is 0. The lowest BCUT2D eigenvalue weighted by Gasteiger charge is -2.32. The Bertz CT molecular complexity index is 462. The number of benzene rings is 1. The Balaban J connectivity index is 1.88. The van der Waals surface area contributed by atoms with Crippen molar-refractivity contribution in [1.82, 2.24) is 10.2 Å². The van der Waals surface area contributed by atoms with E-state index in [0.29, 0.717) is 13.1 Å². The van der Waals surface area contributed by atoms with Gasteiger partial charge in [-0.25, -0.2) is 0 Å². The van der Waals surface area contributed by atoms with Crippen molar-refractivity contribution < 1.29 is 9.59 Å². The van der Waals surface area contributed by atoms with E-state index in [1.54, 1.807) is 0 Å². The standard InChI is InChI=1S/C15H18N2O2/c1-2-14(18)16-13-8-10-17(11-9-13)15(19)12-6-4-3-5-7-12/h2-7,13H,1,8-11H2,(H,16,18). The maximum Gasteiger partial charge on any atom is 0.253 e. The third-order valence-corrected chi connectivity index (χ3v) is 3.33. The summed E-state index contributed by atoms with van der Waals surface area (Å²) in [5.41, 5.74) is 0.719. The third-order valence-electron chi connectivity index (χ3n) is 3.33. The van der Waals surface area contributed by atoms with E-state index in [2.05, 4.69) is 11.9 Å². The number of piperidine rings is 1. The second-order valence-corrected chi connectivity index (χ2v) is 4.65. The maximum absolute atomic E-state index is 12.2. The van der Waals surface area contributed by atoms with Gasteiger partial charge in [0.15, 0.2) is 0 Å². The average Bonchev–Trinajstić information content (AvgIpc) is 2.48. The minimum Gasteiger partial charge on any atom is -0.350 e. The molecule has 0 spiro atoms. The third kappa shape index (κ3) is 3.44. The number of amides is 2. The summed E-state index contributed by atoms with van der Waals surface area (Å²) in [5.74, 6) is -0.0815. The van der Waals surface area contributed by atoms with Crippen molar-refractivity contribution in [2.75, 3.05) is 13.1 Å². The van der Waals surface area contributed by atoms with Crippen LogP contribution in [0.1, 0.15) is 23.2 Å². The van der Waals surface area contributed by atoms with Crippen LogP contribution < -0.4 is 5.32 Å². The van der Waals surface area contributed by atoms with E-state index in [1.165, 1.54) is 6.08 Å². The Kier molecular flexibility index (Phi) is 4.34. The van der Waals surface area contributed by atoms with Crippen LogP contribution in [0.15, 0.2) is 43.0 Å². The quantitative estimate of drug-likeness (QED) is 0.837. The zero-order valence-corrected chi connectivity index (χ0v) is 10.8. The molecule has 0 unspecified atom stereocenters. The number of likely N-dealkylation sites (tertiary alicyclic amines) is 1. The van der Waals surface area contributed by atoms with Crippen molar-refractivity contribution in [2.45, 2.75) is 18.9 Å². The Morgan fingerprint density at radius 1 is 1.21 bits per heavy atom. The summed E-state index contributed by atoms with van der Waals surface area (Å²) in [5, 5.41) is 2.87. The fraction of sp³-hybridized carbons (Fsp3) is 0.333. The van der Waals surface area contributed by atoms with Crippen LogP contribution >= 0.6 is 0 Å². The fourth-order valence-electron chi connectivity index (χ4n) is 2.25. The molecule has 1 aromatic carbocycles. The van der Waals surface area contributed by atoms with Crippen LogP contribution in [0.4, 0.5) is 0 Å². The molecule has 1 heterocycles. The lowest BCUT2D eigenvalue weighted by atomic mass is 10.0. The van der Waals surface area contributed by atoms with Gasteiger partial charge in [-0.3, -0.25) is 9.59 Å². The molecule has 0 atom stereocenters. The predicted octanol–water partition coefficient (Wildman–Crippen LogP) is 1.59. The van der Waals surface area contributed by atoms with Gasteiger partial charge in [0.1, 0.15) is 0 Å². The molecule has 0 aromatic heterocycles. The molecule has 0 saturated carbocycles. The molecule has 0 aliphatic carbocycles. The first-order valence-electron chi connectivity index (χ1n) is 6.48. The number of hydrogen-bond donors (Lipinski definition) is 1. The molecular formula is C15H18N2O2. The van der Waals surface area contributed by atoms with Gasteiger partial charge in [0.2, 0.25) is 5.91 Å². The first-order valence-corrected chi connectivity index (χ1v) is 6.48. The number of hydrogen-bond acceptors (Lipinski definition) is 2. The molecule has 2 rings (SSSR count). The highest BCUT2D eigenvalue weighted by Gasteiger charge is 2.23. The van der Waals surface area contributed by atoms with Crippen LogP contribution in [-0.4, -0.2) is 35.8 Å². The molecular weight excluding hydrogens is 240 g/mol. The van der Waals surface area contributed by atoms with E-state index in [4.69, 9.17) is 0 Å². The van der Waals surface area contributed by atoms with E-state index in [0.717, 1.165) is 18.4 Å². The molecule has 1 aromatic rings. The largest absolute Gasteiger partial charge is 0.350 e. The minimum absolute atomic E-state index is 0.0640. The van der Waals surface area contributed by atoms with Gasteiger partial charge in [0, 0.05) is 24.7 Å². The van der Waals surface area contributed by atoms with Crippen LogP contribution in [0.5, 0.6) is 0 Å². The zero-order chi connectivity index (χ0) is 13.7. The molecule has 1 fully saturated rings. The van der Waals surface area contributed by atoms with E-state index in [-0.39, 0.29) is 17.9 Å². The zero-order valence-electron chi connectivity index (χ0n) is 10.8. The molecule has 1 saturated heterocycles. The molecule has 1 aliphatic heterocycles. The summed E-state index contributed by atoms with van der Waals surface area (Å²) in [4.78, 5) is 25.3. The average molecular weight is 258 g/mol. The van der Waals surface area contributed by atoms with E-state index >= 15 is 0 Å². The number of nitrogens with zero attached hydrogens (tertiary/aromatic N) is 1. The lowest BCUT2D eigenvalue weighted by Crippen LogP contribution is -2.46. The van der Waals surface area contributed by atoms with E-state index < -0.39 is 0 Å². The minimum atomic E-state index is -0.146. The number of carbonyl (C=O) groups is 2.